The highest BCUT2D eigenvalue weighted by atomic mass is 32.1. The van der Waals surface area contributed by atoms with E-state index in [1.165, 1.54) is 16.2 Å². The predicted molar refractivity (Wildman–Crippen MR) is 77.9 cm³/mol. The van der Waals surface area contributed by atoms with Gasteiger partial charge in [0.25, 0.3) is 0 Å². The molecule has 1 unspecified atom stereocenters. The molecule has 1 aromatic rings. The Morgan fingerprint density at radius 1 is 1.50 bits per heavy atom. The molecular formula is C13H21N3O3S. The highest BCUT2D eigenvalue weighted by Crippen LogP contribution is 2.20. The minimum atomic E-state index is -1.03. The van der Waals surface area contributed by atoms with Crippen molar-refractivity contribution < 1.29 is 14.7 Å². The standard InChI is InChI=1S/C13H21N3O3S/c1-8-6-14-11(20-8)9(2)15-12(19)16(7-10(17)18)13(3,4)5/h6,9H,7H2,1-5H3,(H,15,19)(H,17,18). The average molecular weight is 299 g/mol. The van der Waals surface area contributed by atoms with E-state index in [0.29, 0.717) is 0 Å². The molecule has 6 nitrogen and oxygen atoms in total. The van der Waals surface area contributed by atoms with Crippen LogP contribution in [0.4, 0.5) is 4.79 Å². The van der Waals surface area contributed by atoms with Crippen LogP contribution < -0.4 is 5.32 Å². The maximum absolute atomic E-state index is 12.2. The number of hydrogen-bond donors (Lipinski definition) is 2. The summed E-state index contributed by atoms with van der Waals surface area (Å²) in [6.07, 6.45) is 1.75. The Labute approximate surface area is 122 Å². The third-order valence-corrected chi connectivity index (χ3v) is 3.79. The molecule has 0 saturated carbocycles. The zero-order valence-electron chi connectivity index (χ0n) is 12.4. The van der Waals surface area contributed by atoms with Gasteiger partial charge in [-0.25, -0.2) is 9.78 Å². The van der Waals surface area contributed by atoms with Crippen molar-refractivity contribution in [2.45, 2.75) is 46.2 Å². The molecule has 2 amide bonds. The molecule has 0 aromatic carbocycles. The van der Waals surface area contributed by atoms with Crippen LogP contribution >= 0.6 is 11.3 Å². The molecular weight excluding hydrogens is 278 g/mol. The SMILES string of the molecule is Cc1cnc(C(C)NC(=O)N(CC(=O)O)C(C)(C)C)s1. The van der Waals surface area contributed by atoms with E-state index in [1.54, 1.807) is 27.0 Å². The first-order valence-corrected chi connectivity index (χ1v) is 7.15. The van der Waals surface area contributed by atoms with Gasteiger partial charge in [0.1, 0.15) is 11.6 Å². The van der Waals surface area contributed by atoms with Crippen LogP contribution in [0.1, 0.15) is 43.6 Å². The van der Waals surface area contributed by atoms with E-state index in [1.807, 2.05) is 13.8 Å². The summed E-state index contributed by atoms with van der Waals surface area (Å²) < 4.78 is 0. The van der Waals surface area contributed by atoms with Crippen molar-refractivity contribution in [3.05, 3.63) is 16.1 Å². The Morgan fingerprint density at radius 2 is 2.10 bits per heavy atom. The van der Waals surface area contributed by atoms with Crippen molar-refractivity contribution in [3.8, 4) is 0 Å². The smallest absolute Gasteiger partial charge is 0.323 e. The lowest BCUT2D eigenvalue weighted by atomic mass is 10.1. The van der Waals surface area contributed by atoms with Gasteiger partial charge in [-0.1, -0.05) is 0 Å². The summed E-state index contributed by atoms with van der Waals surface area (Å²) in [5, 5.41) is 12.5. The fourth-order valence-electron chi connectivity index (χ4n) is 1.65. The van der Waals surface area contributed by atoms with Gasteiger partial charge in [-0.05, 0) is 34.6 Å². The summed E-state index contributed by atoms with van der Waals surface area (Å²) in [4.78, 5) is 29.7. The molecule has 1 aromatic heterocycles. The fraction of sp³-hybridized carbons (Fsp3) is 0.615. The molecule has 0 aliphatic heterocycles. The van der Waals surface area contributed by atoms with Gasteiger partial charge < -0.3 is 15.3 Å². The number of carbonyl (C=O) groups is 2. The molecule has 1 heterocycles. The first-order chi connectivity index (χ1) is 9.11. The number of amides is 2. The van der Waals surface area contributed by atoms with Crippen molar-refractivity contribution in [3.63, 3.8) is 0 Å². The molecule has 0 saturated heterocycles. The highest BCUT2D eigenvalue weighted by molar-refractivity contribution is 7.11. The lowest BCUT2D eigenvalue weighted by Crippen LogP contribution is -2.52. The molecule has 0 aliphatic rings. The molecule has 0 bridgehead atoms. The molecule has 0 aliphatic carbocycles. The Bertz CT molecular complexity index is 493. The normalized spacial score (nSPS) is 12.8. The quantitative estimate of drug-likeness (QED) is 0.894. The summed E-state index contributed by atoms with van der Waals surface area (Å²) in [6.45, 7) is 8.84. The number of carboxylic acid groups (broad SMARTS) is 1. The summed E-state index contributed by atoms with van der Waals surface area (Å²) in [5.74, 6) is -1.03. The lowest BCUT2D eigenvalue weighted by molar-refractivity contribution is -0.138. The van der Waals surface area contributed by atoms with Crippen LogP contribution in [0.2, 0.25) is 0 Å². The zero-order chi connectivity index (χ0) is 15.5. The summed E-state index contributed by atoms with van der Waals surface area (Å²) in [7, 11) is 0. The molecule has 0 spiro atoms. The number of nitrogens with one attached hydrogen (secondary N) is 1. The zero-order valence-corrected chi connectivity index (χ0v) is 13.2. The number of carbonyl (C=O) groups excluding carboxylic acids is 1. The van der Waals surface area contributed by atoms with Crippen molar-refractivity contribution in [2.24, 2.45) is 0 Å². The van der Waals surface area contributed by atoms with Crippen molar-refractivity contribution >= 4 is 23.3 Å². The Balaban J connectivity index is 2.78. The second-order valence-corrected chi connectivity index (χ2v) is 6.90. The summed E-state index contributed by atoms with van der Waals surface area (Å²) in [6, 6.07) is -0.653. The van der Waals surface area contributed by atoms with E-state index in [9.17, 15) is 9.59 Å². The number of aliphatic carboxylic acids is 1. The van der Waals surface area contributed by atoms with Crippen LogP contribution in [0.15, 0.2) is 6.20 Å². The Hall–Kier alpha value is -1.63. The first-order valence-electron chi connectivity index (χ1n) is 6.33. The molecule has 112 valence electrons. The van der Waals surface area contributed by atoms with Crippen molar-refractivity contribution in [1.29, 1.82) is 0 Å². The topological polar surface area (TPSA) is 82.5 Å². The van der Waals surface area contributed by atoms with Gasteiger partial charge >= 0.3 is 12.0 Å². The van der Waals surface area contributed by atoms with Gasteiger partial charge in [0.05, 0.1) is 6.04 Å². The maximum atomic E-state index is 12.2. The van der Waals surface area contributed by atoms with Crippen molar-refractivity contribution in [1.82, 2.24) is 15.2 Å². The third kappa shape index (κ3) is 4.48. The molecule has 0 radical (unpaired) electrons. The number of thiazole rings is 1. The summed E-state index contributed by atoms with van der Waals surface area (Å²) >= 11 is 1.51. The monoisotopic (exact) mass is 299 g/mol. The van der Waals surface area contributed by atoms with E-state index in [0.717, 1.165) is 9.88 Å². The number of hydrogen-bond acceptors (Lipinski definition) is 4. The third-order valence-electron chi connectivity index (χ3n) is 2.70. The maximum Gasteiger partial charge on any atom is 0.323 e. The van der Waals surface area contributed by atoms with Crippen LogP contribution in [-0.2, 0) is 4.79 Å². The lowest BCUT2D eigenvalue weighted by Gasteiger charge is -2.35. The number of aromatic nitrogens is 1. The summed E-state index contributed by atoms with van der Waals surface area (Å²) in [5.41, 5.74) is -0.568. The number of carboxylic acids is 1. The van der Waals surface area contributed by atoms with Gasteiger partial charge in [-0.2, -0.15) is 0 Å². The first kappa shape index (κ1) is 16.4. The molecule has 7 heteroatoms. The second kappa shape index (κ2) is 6.21. The second-order valence-electron chi connectivity index (χ2n) is 5.63. The van der Waals surface area contributed by atoms with Crippen LogP contribution in [0.3, 0.4) is 0 Å². The molecule has 1 atom stereocenters. The van der Waals surface area contributed by atoms with E-state index >= 15 is 0 Å². The van der Waals surface area contributed by atoms with Crippen LogP contribution in [0.5, 0.6) is 0 Å². The van der Waals surface area contributed by atoms with E-state index in [-0.39, 0.29) is 12.6 Å². The Morgan fingerprint density at radius 3 is 2.50 bits per heavy atom. The van der Waals surface area contributed by atoms with Crippen LogP contribution in [0, 0.1) is 6.92 Å². The van der Waals surface area contributed by atoms with Gasteiger partial charge in [0, 0.05) is 16.6 Å². The number of rotatable bonds is 4. The average Bonchev–Trinajstić information content (AvgIpc) is 2.71. The molecule has 1 rings (SSSR count). The molecule has 2 N–H and O–H groups in total. The van der Waals surface area contributed by atoms with Gasteiger partial charge in [-0.15, -0.1) is 11.3 Å². The molecule has 0 fully saturated rings. The van der Waals surface area contributed by atoms with E-state index in [4.69, 9.17) is 5.11 Å². The van der Waals surface area contributed by atoms with Gasteiger partial charge in [-0.3, -0.25) is 4.79 Å². The van der Waals surface area contributed by atoms with E-state index in [2.05, 4.69) is 10.3 Å². The van der Waals surface area contributed by atoms with Crippen LogP contribution in [0.25, 0.3) is 0 Å². The number of aryl methyl sites for hydroxylation is 1. The van der Waals surface area contributed by atoms with E-state index < -0.39 is 17.5 Å². The minimum Gasteiger partial charge on any atom is -0.480 e. The van der Waals surface area contributed by atoms with Gasteiger partial charge in [0.2, 0.25) is 0 Å². The van der Waals surface area contributed by atoms with Crippen LogP contribution in [-0.4, -0.2) is 39.1 Å². The number of urea groups is 1. The Kier molecular flexibility index (Phi) is 5.10. The van der Waals surface area contributed by atoms with Gasteiger partial charge in [0.15, 0.2) is 0 Å². The van der Waals surface area contributed by atoms with Crippen molar-refractivity contribution in [2.75, 3.05) is 6.54 Å². The number of nitrogens with zero attached hydrogens (tertiary/aromatic N) is 2. The fourth-order valence-corrected chi connectivity index (χ4v) is 2.42. The predicted octanol–water partition coefficient (Wildman–Crippen LogP) is 2.41. The highest BCUT2D eigenvalue weighted by Gasteiger charge is 2.29. The minimum absolute atomic E-state index is 0.250. The molecule has 20 heavy (non-hydrogen) atoms. The largest absolute Gasteiger partial charge is 0.480 e.